The minimum absolute atomic E-state index is 0.0373. The molecule has 1 saturated heterocycles. The number of rotatable bonds is 5. The molecule has 0 unspecified atom stereocenters. The van der Waals surface area contributed by atoms with E-state index in [-0.39, 0.29) is 26.0 Å². The molecule has 1 heterocycles. The quantitative estimate of drug-likeness (QED) is 0.572. The lowest BCUT2D eigenvalue weighted by Crippen LogP contribution is -2.37. The van der Waals surface area contributed by atoms with Crippen molar-refractivity contribution in [2.75, 3.05) is 23.8 Å². The maximum atomic E-state index is 12.2. The van der Waals surface area contributed by atoms with Crippen molar-refractivity contribution >= 4 is 50.3 Å². The van der Waals surface area contributed by atoms with Gasteiger partial charge in [-0.1, -0.05) is 31.9 Å². The SMILES string of the molecule is NCCOP1(=O)C(=O)CC(CBr)(CBr)CC1=O. The number of alkyl halides is 2. The third-order valence-electron chi connectivity index (χ3n) is 2.67. The van der Waals surface area contributed by atoms with Gasteiger partial charge in [-0.2, -0.15) is 0 Å². The van der Waals surface area contributed by atoms with Gasteiger partial charge in [-0.25, -0.2) is 0 Å². The molecule has 0 radical (unpaired) electrons. The van der Waals surface area contributed by atoms with E-state index < -0.39 is 23.8 Å². The lowest BCUT2D eigenvalue weighted by atomic mass is 9.86. The molecule has 1 rings (SSSR count). The van der Waals surface area contributed by atoms with Crippen molar-refractivity contribution in [3.63, 3.8) is 0 Å². The fourth-order valence-corrected chi connectivity index (χ4v) is 5.34. The molecular weight excluding hydrogens is 377 g/mol. The minimum Gasteiger partial charge on any atom is -0.328 e. The van der Waals surface area contributed by atoms with Crippen LogP contribution in [0.2, 0.25) is 0 Å². The smallest absolute Gasteiger partial charge is 0.328 e. The summed E-state index contributed by atoms with van der Waals surface area (Å²) in [5, 5.41) is 0.999. The zero-order valence-corrected chi connectivity index (χ0v) is 13.2. The maximum Gasteiger partial charge on any atom is 0.330 e. The second kappa shape index (κ2) is 6.06. The third-order valence-corrected chi connectivity index (χ3v) is 7.22. The predicted molar refractivity (Wildman–Crippen MR) is 71.9 cm³/mol. The first-order valence-corrected chi connectivity index (χ1v) is 8.94. The Balaban J connectivity index is 2.92. The van der Waals surface area contributed by atoms with E-state index in [1.54, 1.807) is 0 Å². The van der Waals surface area contributed by atoms with Crippen molar-refractivity contribution < 1.29 is 18.7 Å². The van der Waals surface area contributed by atoms with E-state index in [1.807, 2.05) is 0 Å². The van der Waals surface area contributed by atoms with E-state index in [1.165, 1.54) is 0 Å². The van der Waals surface area contributed by atoms with Gasteiger partial charge >= 0.3 is 7.37 Å². The Labute approximate surface area is 117 Å². The number of hydrogen-bond acceptors (Lipinski definition) is 5. The first-order valence-electron chi connectivity index (χ1n) is 5.07. The van der Waals surface area contributed by atoms with Crippen LogP contribution in [0.15, 0.2) is 0 Å². The van der Waals surface area contributed by atoms with Crippen LogP contribution in [0.1, 0.15) is 12.8 Å². The van der Waals surface area contributed by atoms with Gasteiger partial charge in [0.05, 0.1) is 6.61 Å². The Bertz CT molecular complexity index is 346. The van der Waals surface area contributed by atoms with Gasteiger partial charge < -0.3 is 10.3 Å². The lowest BCUT2D eigenvalue weighted by Gasteiger charge is -2.34. The third kappa shape index (κ3) is 3.07. The number of nitrogens with two attached hydrogens (primary N) is 1. The fourth-order valence-electron chi connectivity index (χ4n) is 1.60. The number of halogens is 2. The standard InChI is InChI=1S/C9H14Br2NO4P/c10-5-9(6-11)3-7(13)17(15,8(14)4-9)16-2-1-12/h1-6,12H2. The van der Waals surface area contributed by atoms with Crippen LogP contribution in [0.3, 0.4) is 0 Å². The molecular formula is C9H14Br2NO4P. The first kappa shape index (κ1) is 15.5. The van der Waals surface area contributed by atoms with Crippen LogP contribution in [0.25, 0.3) is 0 Å². The van der Waals surface area contributed by atoms with Crippen molar-refractivity contribution in [3.05, 3.63) is 0 Å². The zero-order chi connectivity index (χ0) is 13.1. The summed E-state index contributed by atoms with van der Waals surface area (Å²) in [6, 6.07) is 0. The highest BCUT2D eigenvalue weighted by molar-refractivity contribution is 9.09. The molecule has 0 bridgehead atoms. The highest BCUT2D eigenvalue weighted by atomic mass is 79.9. The predicted octanol–water partition coefficient (Wildman–Crippen LogP) is 1.86. The molecule has 1 aliphatic rings. The van der Waals surface area contributed by atoms with Gasteiger partial charge in [0.2, 0.25) is 11.0 Å². The summed E-state index contributed by atoms with van der Waals surface area (Å²) in [5.41, 5.74) is 3.53. The van der Waals surface area contributed by atoms with Gasteiger partial charge in [-0.15, -0.1) is 0 Å². The van der Waals surface area contributed by atoms with Crippen LogP contribution < -0.4 is 5.73 Å². The fraction of sp³-hybridized carbons (Fsp3) is 0.778. The Morgan fingerprint density at radius 1 is 1.24 bits per heavy atom. The summed E-state index contributed by atoms with van der Waals surface area (Å²) in [6.07, 6.45) is 0.161. The molecule has 17 heavy (non-hydrogen) atoms. The van der Waals surface area contributed by atoms with Crippen LogP contribution in [0.5, 0.6) is 0 Å². The summed E-state index contributed by atoms with van der Waals surface area (Å²) >= 11 is 6.58. The molecule has 5 nitrogen and oxygen atoms in total. The molecule has 0 atom stereocenters. The largest absolute Gasteiger partial charge is 0.330 e. The zero-order valence-electron chi connectivity index (χ0n) is 9.16. The van der Waals surface area contributed by atoms with Crippen molar-refractivity contribution in [1.29, 1.82) is 0 Å². The van der Waals surface area contributed by atoms with Gasteiger partial charge in [0.15, 0.2) is 0 Å². The van der Waals surface area contributed by atoms with Crippen LogP contribution in [0, 0.1) is 5.41 Å². The molecule has 1 aliphatic heterocycles. The molecule has 1 fully saturated rings. The topological polar surface area (TPSA) is 86.5 Å². The molecule has 0 spiro atoms. The molecule has 0 aromatic rings. The van der Waals surface area contributed by atoms with Gasteiger partial charge in [0.1, 0.15) is 0 Å². The van der Waals surface area contributed by atoms with E-state index in [0.29, 0.717) is 10.7 Å². The number of hydrogen-bond donors (Lipinski definition) is 1. The van der Waals surface area contributed by atoms with Crippen molar-refractivity contribution in [2.45, 2.75) is 12.8 Å². The molecule has 0 aliphatic carbocycles. The molecule has 0 saturated carbocycles. The van der Waals surface area contributed by atoms with Crippen LogP contribution in [-0.2, 0) is 18.7 Å². The average molecular weight is 391 g/mol. The minimum atomic E-state index is -3.82. The maximum absolute atomic E-state index is 12.2. The molecule has 0 aromatic heterocycles. The Hall–Kier alpha value is 0.450. The molecule has 8 heteroatoms. The summed E-state index contributed by atoms with van der Waals surface area (Å²) in [4.78, 5) is 23.7. The molecule has 2 N–H and O–H groups in total. The van der Waals surface area contributed by atoms with E-state index >= 15 is 0 Å². The van der Waals surface area contributed by atoms with Gasteiger partial charge in [-0.05, 0) is 0 Å². The van der Waals surface area contributed by atoms with Crippen molar-refractivity contribution in [3.8, 4) is 0 Å². The molecule has 98 valence electrons. The molecule has 0 amide bonds. The van der Waals surface area contributed by atoms with E-state index in [2.05, 4.69) is 31.9 Å². The number of carbonyl (C=O) groups excluding carboxylic acids is 2. The van der Waals surface area contributed by atoms with E-state index in [4.69, 9.17) is 10.3 Å². The first-order chi connectivity index (χ1) is 7.94. The van der Waals surface area contributed by atoms with Crippen LogP contribution in [0.4, 0.5) is 0 Å². The normalized spacial score (nSPS) is 22.8. The van der Waals surface area contributed by atoms with Crippen molar-refractivity contribution in [2.24, 2.45) is 11.1 Å². The van der Waals surface area contributed by atoms with E-state index in [9.17, 15) is 14.2 Å². The van der Waals surface area contributed by atoms with Crippen LogP contribution in [-0.4, -0.2) is 34.9 Å². The Morgan fingerprint density at radius 2 is 1.71 bits per heavy atom. The summed E-state index contributed by atoms with van der Waals surface area (Å²) < 4.78 is 17.1. The van der Waals surface area contributed by atoms with E-state index in [0.717, 1.165) is 0 Å². The molecule has 0 aromatic carbocycles. The van der Waals surface area contributed by atoms with Gasteiger partial charge in [0.25, 0.3) is 0 Å². The van der Waals surface area contributed by atoms with Crippen LogP contribution >= 0.6 is 39.2 Å². The average Bonchev–Trinajstić information content (AvgIpc) is 2.33. The van der Waals surface area contributed by atoms with Gasteiger partial charge in [-0.3, -0.25) is 14.2 Å². The summed E-state index contributed by atoms with van der Waals surface area (Å²) in [5.74, 6) is 0. The summed E-state index contributed by atoms with van der Waals surface area (Å²) in [7, 11) is -3.82. The lowest BCUT2D eigenvalue weighted by molar-refractivity contribution is -0.121. The Morgan fingerprint density at radius 3 is 2.06 bits per heavy atom. The highest BCUT2D eigenvalue weighted by Crippen LogP contribution is 2.58. The number of carbonyl (C=O) groups is 2. The highest BCUT2D eigenvalue weighted by Gasteiger charge is 2.52. The van der Waals surface area contributed by atoms with Crippen molar-refractivity contribution in [1.82, 2.24) is 0 Å². The Kier molecular flexibility index (Phi) is 5.53. The summed E-state index contributed by atoms with van der Waals surface area (Å²) in [6.45, 7) is 0.0942. The monoisotopic (exact) mass is 389 g/mol. The van der Waals surface area contributed by atoms with Gasteiger partial charge in [0, 0.05) is 35.5 Å². The second-order valence-electron chi connectivity index (χ2n) is 4.08. The second-order valence-corrected chi connectivity index (χ2v) is 7.56.